The van der Waals surface area contributed by atoms with Gasteiger partial charge in [0.05, 0.1) is 17.4 Å². The molecule has 2 rings (SSSR count). The predicted octanol–water partition coefficient (Wildman–Crippen LogP) is 1.60. The number of carboxylic acid groups (broad SMARTS) is 1. The average Bonchev–Trinajstić information content (AvgIpc) is 2.60. The maximum Gasteiger partial charge on any atom is 0.312 e. The van der Waals surface area contributed by atoms with Crippen molar-refractivity contribution in [1.29, 1.82) is 0 Å². The highest BCUT2D eigenvalue weighted by Gasteiger charge is 2.48. The molecule has 0 amide bonds. The Labute approximate surface area is 148 Å². The van der Waals surface area contributed by atoms with Crippen molar-refractivity contribution in [2.45, 2.75) is 25.8 Å². The zero-order valence-corrected chi connectivity index (χ0v) is 14.2. The van der Waals surface area contributed by atoms with Gasteiger partial charge in [0.25, 0.3) is 5.69 Å². The van der Waals surface area contributed by atoms with Gasteiger partial charge < -0.3 is 14.6 Å². The Morgan fingerprint density at radius 2 is 2.12 bits per heavy atom. The van der Waals surface area contributed by atoms with Crippen LogP contribution in [0.1, 0.15) is 25.3 Å². The Bertz CT molecular complexity index is 774. The summed E-state index contributed by atoms with van der Waals surface area (Å²) in [7, 11) is 0. The molecule has 9 heteroatoms. The number of carboxylic acids is 1. The second-order valence-corrected chi connectivity index (χ2v) is 5.87. The van der Waals surface area contributed by atoms with Crippen LogP contribution in [0.15, 0.2) is 29.3 Å². The first kappa shape index (κ1) is 19.2. The van der Waals surface area contributed by atoms with E-state index in [0.717, 1.165) is 0 Å². The molecule has 0 saturated carbocycles. The van der Waals surface area contributed by atoms with Crippen molar-refractivity contribution in [2.75, 3.05) is 6.61 Å². The minimum atomic E-state index is -1.23. The Morgan fingerprint density at radius 3 is 2.65 bits per heavy atom. The van der Waals surface area contributed by atoms with Gasteiger partial charge in [0.1, 0.15) is 18.2 Å². The fourth-order valence-corrected chi connectivity index (χ4v) is 3.29. The third-order valence-corrected chi connectivity index (χ3v) is 4.35. The molecular formula is C17H18N2O7. The molecule has 9 nitrogen and oxygen atoms in total. The van der Waals surface area contributed by atoms with Crippen LogP contribution >= 0.6 is 0 Å². The number of non-ortho nitro benzene ring substituents is 1. The van der Waals surface area contributed by atoms with Gasteiger partial charge in [-0.15, -0.1) is 0 Å². The lowest BCUT2D eigenvalue weighted by Crippen LogP contribution is -2.46. The summed E-state index contributed by atoms with van der Waals surface area (Å²) in [6.45, 7) is 3.09. The largest absolute Gasteiger partial charge is 0.481 e. The van der Waals surface area contributed by atoms with E-state index < -0.39 is 40.7 Å². The molecule has 0 spiro atoms. The van der Waals surface area contributed by atoms with Gasteiger partial charge in [-0.25, -0.2) is 0 Å². The number of rotatable bonds is 6. The molecular weight excluding hydrogens is 344 g/mol. The summed E-state index contributed by atoms with van der Waals surface area (Å²) < 4.78 is 5.01. The molecule has 1 aromatic rings. The highest BCUT2D eigenvalue weighted by atomic mass is 16.6. The quantitative estimate of drug-likeness (QED) is 0.351. The zero-order valence-electron chi connectivity index (χ0n) is 14.2. The fraction of sp³-hybridized carbons (Fsp3) is 0.412. The molecule has 0 bridgehead atoms. The number of hydrogen-bond acceptors (Lipinski definition) is 7. The number of esters is 1. The minimum absolute atomic E-state index is 0.0446. The minimum Gasteiger partial charge on any atom is -0.481 e. The number of nitro benzene ring substituents is 1. The lowest BCUT2D eigenvalue weighted by molar-refractivity contribution is -0.384. The number of nitrogens with zero attached hydrogens (tertiary/aromatic N) is 2. The molecule has 0 radical (unpaired) electrons. The van der Waals surface area contributed by atoms with Crippen LogP contribution < -0.4 is 0 Å². The van der Waals surface area contributed by atoms with Crippen LogP contribution in [0.4, 0.5) is 5.69 Å². The number of hydrogen-bond donors (Lipinski definition) is 1. The summed E-state index contributed by atoms with van der Waals surface area (Å²) in [5.41, 5.74) is 0.203. The molecule has 4 atom stereocenters. The summed E-state index contributed by atoms with van der Waals surface area (Å²) in [5, 5.41) is 20.7. The summed E-state index contributed by atoms with van der Waals surface area (Å²) in [6, 6.07) is 4.27. The zero-order chi connectivity index (χ0) is 19.4. The Kier molecular flexibility index (Phi) is 5.81. The van der Waals surface area contributed by atoms with Crippen LogP contribution in [0.2, 0.25) is 0 Å². The van der Waals surface area contributed by atoms with E-state index in [1.807, 2.05) is 0 Å². The number of carbonyl (C=O) groups excluding carboxylic acids is 2. The van der Waals surface area contributed by atoms with E-state index >= 15 is 0 Å². The van der Waals surface area contributed by atoms with Crippen molar-refractivity contribution >= 4 is 29.6 Å². The molecule has 0 aromatic heterocycles. The Morgan fingerprint density at radius 1 is 1.42 bits per heavy atom. The number of nitro groups is 1. The monoisotopic (exact) mass is 362 g/mol. The lowest BCUT2D eigenvalue weighted by Gasteiger charge is -2.36. The van der Waals surface area contributed by atoms with Crippen molar-refractivity contribution in [2.24, 2.45) is 16.8 Å². The molecule has 26 heavy (non-hydrogen) atoms. The standard InChI is InChI=1S/C17H18N2O7/c1-3-26-17(23)15-12(8-20)18-9(2)13(16(21)22)14(15)10-5-4-6-11(7-10)19(24)25/h4-8,12-15H,3H2,1-2H3,(H,21,22). The fourth-order valence-electron chi connectivity index (χ4n) is 3.29. The number of aliphatic imine (C=N–C) groups is 1. The first-order valence-corrected chi connectivity index (χ1v) is 7.95. The highest BCUT2D eigenvalue weighted by Crippen LogP contribution is 2.41. The molecule has 0 fully saturated rings. The second kappa shape index (κ2) is 7.85. The van der Waals surface area contributed by atoms with Crippen LogP contribution in [0.25, 0.3) is 0 Å². The molecule has 1 aliphatic rings. The summed E-state index contributed by atoms with van der Waals surface area (Å²) >= 11 is 0. The number of ether oxygens (including phenoxy) is 1. The van der Waals surface area contributed by atoms with E-state index in [9.17, 15) is 29.6 Å². The average molecular weight is 362 g/mol. The van der Waals surface area contributed by atoms with Gasteiger partial charge in [-0.2, -0.15) is 0 Å². The van der Waals surface area contributed by atoms with Crippen molar-refractivity contribution in [3.8, 4) is 0 Å². The van der Waals surface area contributed by atoms with Crippen molar-refractivity contribution < 1.29 is 29.2 Å². The third kappa shape index (κ3) is 3.61. The lowest BCUT2D eigenvalue weighted by atomic mass is 9.70. The highest BCUT2D eigenvalue weighted by molar-refractivity contribution is 6.04. The molecule has 1 N–H and O–H groups in total. The normalized spacial score (nSPS) is 25.1. The Hall–Kier alpha value is -3.10. The van der Waals surface area contributed by atoms with Crippen LogP contribution in [0.5, 0.6) is 0 Å². The maximum atomic E-state index is 12.5. The maximum absolute atomic E-state index is 12.5. The van der Waals surface area contributed by atoms with E-state index in [1.54, 1.807) is 6.92 Å². The molecule has 0 aliphatic carbocycles. The SMILES string of the molecule is CCOC(=O)C1C(C=O)N=C(C)C(C(=O)O)C1c1cccc([N+](=O)[O-])c1. The van der Waals surface area contributed by atoms with E-state index in [2.05, 4.69) is 4.99 Å². The van der Waals surface area contributed by atoms with Crippen molar-refractivity contribution in [3.05, 3.63) is 39.9 Å². The summed E-state index contributed by atoms with van der Waals surface area (Å²) in [4.78, 5) is 50.3. The van der Waals surface area contributed by atoms with E-state index in [-0.39, 0.29) is 23.6 Å². The number of benzene rings is 1. The van der Waals surface area contributed by atoms with E-state index in [0.29, 0.717) is 6.29 Å². The van der Waals surface area contributed by atoms with Crippen molar-refractivity contribution in [1.82, 2.24) is 0 Å². The van der Waals surface area contributed by atoms with Gasteiger partial charge in [0, 0.05) is 23.8 Å². The van der Waals surface area contributed by atoms with Gasteiger partial charge in [-0.05, 0) is 19.4 Å². The van der Waals surface area contributed by atoms with E-state index in [4.69, 9.17) is 4.74 Å². The van der Waals surface area contributed by atoms with Crippen LogP contribution in [-0.4, -0.2) is 46.6 Å². The van der Waals surface area contributed by atoms with Gasteiger partial charge in [-0.1, -0.05) is 12.1 Å². The topological polar surface area (TPSA) is 136 Å². The molecule has 1 heterocycles. The van der Waals surface area contributed by atoms with Crippen LogP contribution in [0, 0.1) is 22.0 Å². The molecule has 138 valence electrons. The predicted molar refractivity (Wildman–Crippen MR) is 90.0 cm³/mol. The molecule has 1 aliphatic heterocycles. The summed E-state index contributed by atoms with van der Waals surface area (Å²) in [5.74, 6) is -5.40. The molecule has 1 aromatic carbocycles. The first-order valence-electron chi connectivity index (χ1n) is 7.95. The molecule has 0 saturated heterocycles. The van der Waals surface area contributed by atoms with Gasteiger partial charge in [-0.3, -0.25) is 24.7 Å². The second-order valence-electron chi connectivity index (χ2n) is 5.87. The third-order valence-electron chi connectivity index (χ3n) is 4.35. The number of aldehydes is 1. The van der Waals surface area contributed by atoms with Crippen molar-refractivity contribution in [3.63, 3.8) is 0 Å². The molecule has 4 unspecified atom stereocenters. The van der Waals surface area contributed by atoms with E-state index in [1.165, 1.54) is 31.2 Å². The smallest absolute Gasteiger partial charge is 0.312 e. The van der Waals surface area contributed by atoms with Crippen LogP contribution in [0.3, 0.4) is 0 Å². The van der Waals surface area contributed by atoms with Gasteiger partial charge in [0.2, 0.25) is 0 Å². The first-order chi connectivity index (χ1) is 12.3. The Balaban J connectivity index is 2.66. The van der Waals surface area contributed by atoms with Crippen LogP contribution in [-0.2, 0) is 19.1 Å². The summed E-state index contributed by atoms with van der Waals surface area (Å²) in [6.07, 6.45) is 0.466. The number of carbonyl (C=O) groups is 3. The number of aliphatic carboxylic acids is 1. The van der Waals surface area contributed by atoms with Gasteiger partial charge >= 0.3 is 11.9 Å². The van der Waals surface area contributed by atoms with Gasteiger partial charge in [0.15, 0.2) is 0 Å².